The first kappa shape index (κ1) is 31.0. The number of aromatic amines is 1. The molecular weight excluding hydrogens is 603 g/mol. The van der Waals surface area contributed by atoms with Crippen LogP contribution in [0.15, 0.2) is 47.3 Å². The number of benzene rings is 2. The van der Waals surface area contributed by atoms with E-state index in [0.29, 0.717) is 55.1 Å². The normalized spacial score (nSPS) is 20.2. The number of likely N-dealkylation sites (N-methyl/N-ethyl adjacent to an activating group) is 1. The fourth-order valence-electron chi connectivity index (χ4n) is 6.84. The van der Waals surface area contributed by atoms with E-state index in [4.69, 9.17) is 27.9 Å². The number of ether oxygens (including phenoxy) is 1. The van der Waals surface area contributed by atoms with E-state index in [-0.39, 0.29) is 24.1 Å². The molecule has 0 saturated carbocycles. The molecule has 1 atom stereocenters. The molecule has 1 N–H and O–H groups in total. The SMILES string of the molecule is CN1CCN(C2CCN(C(=O)[C@@H](Cc3ccc(Cl)c(Cl)c3)OC(=O)N3CCC(n4c(=O)[nH]c5ccccc54)CC3)CC2)CC1. The predicted octanol–water partition coefficient (Wildman–Crippen LogP) is 4.26. The highest BCUT2D eigenvalue weighted by atomic mass is 35.5. The van der Waals surface area contributed by atoms with Crippen molar-refractivity contribution in [1.29, 1.82) is 0 Å². The average Bonchev–Trinajstić information content (AvgIpc) is 3.38. The van der Waals surface area contributed by atoms with Crippen molar-refractivity contribution in [3.8, 4) is 0 Å². The lowest BCUT2D eigenvalue weighted by atomic mass is 10.0. The molecule has 0 spiro atoms. The number of halogens is 2. The molecule has 2 aromatic carbocycles. The minimum Gasteiger partial charge on any atom is -0.436 e. The molecule has 3 saturated heterocycles. The van der Waals surface area contributed by atoms with Crippen LogP contribution < -0.4 is 5.69 Å². The van der Waals surface area contributed by atoms with Crippen LogP contribution in [0.5, 0.6) is 0 Å². The Kier molecular flexibility index (Phi) is 9.51. The molecule has 3 aliphatic heterocycles. The van der Waals surface area contributed by atoms with E-state index in [9.17, 15) is 14.4 Å². The molecule has 44 heavy (non-hydrogen) atoms. The average molecular weight is 644 g/mol. The van der Waals surface area contributed by atoms with Crippen LogP contribution in [-0.2, 0) is 16.0 Å². The highest BCUT2D eigenvalue weighted by Crippen LogP contribution is 2.27. The Morgan fingerprint density at radius 3 is 2.23 bits per heavy atom. The van der Waals surface area contributed by atoms with E-state index < -0.39 is 12.2 Å². The quantitative estimate of drug-likeness (QED) is 0.432. The standard InChI is InChI=1S/C32H40Cl2N6O4/c1-36-16-18-37(19-17-36)23-8-12-38(13-9-23)30(41)29(21-22-6-7-25(33)26(34)20-22)44-32(43)39-14-10-24(11-15-39)40-28-5-3-2-4-27(28)35-31(40)42/h2-7,20,23-24,29H,8-19,21H2,1H3,(H,35,42)/t29-/m1/s1. The number of carbonyl (C=O) groups excluding carboxylic acids is 2. The summed E-state index contributed by atoms with van der Waals surface area (Å²) in [5.41, 5.74) is 2.30. The summed E-state index contributed by atoms with van der Waals surface area (Å²) < 4.78 is 7.78. The number of likely N-dealkylation sites (tertiary alicyclic amines) is 2. The van der Waals surface area contributed by atoms with Gasteiger partial charge in [-0.15, -0.1) is 0 Å². The van der Waals surface area contributed by atoms with Crippen molar-refractivity contribution < 1.29 is 14.3 Å². The van der Waals surface area contributed by atoms with E-state index in [2.05, 4.69) is 21.8 Å². The van der Waals surface area contributed by atoms with E-state index in [0.717, 1.165) is 55.6 Å². The van der Waals surface area contributed by atoms with E-state index in [1.54, 1.807) is 21.6 Å². The highest BCUT2D eigenvalue weighted by molar-refractivity contribution is 6.42. The lowest BCUT2D eigenvalue weighted by Crippen LogP contribution is -2.54. The molecule has 3 aliphatic rings. The Morgan fingerprint density at radius 2 is 1.52 bits per heavy atom. The van der Waals surface area contributed by atoms with Gasteiger partial charge in [0.25, 0.3) is 5.91 Å². The van der Waals surface area contributed by atoms with E-state index in [1.807, 2.05) is 35.2 Å². The third kappa shape index (κ3) is 6.78. The second-order valence-electron chi connectivity index (χ2n) is 12.3. The fraction of sp³-hybridized carbons (Fsp3) is 0.531. The maximum Gasteiger partial charge on any atom is 0.410 e. The van der Waals surface area contributed by atoms with Crippen LogP contribution >= 0.6 is 23.2 Å². The first-order chi connectivity index (χ1) is 21.3. The largest absolute Gasteiger partial charge is 0.436 e. The number of imidazole rings is 1. The molecule has 6 rings (SSSR count). The summed E-state index contributed by atoms with van der Waals surface area (Å²) in [7, 11) is 2.15. The molecule has 3 fully saturated rings. The number of aromatic nitrogens is 2. The number of rotatable bonds is 6. The number of piperazine rings is 1. The van der Waals surface area contributed by atoms with Crippen LogP contribution in [0.25, 0.3) is 11.0 Å². The van der Waals surface area contributed by atoms with Crippen LogP contribution in [-0.4, -0.2) is 113 Å². The van der Waals surface area contributed by atoms with Crippen molar-refractivity contribution in [2.24, 2.45) is 0 Å². The number of amides is 2. The number of carbonyl (C=O) groups is 2. The van der Waals surface area contributed by atoms with Crippen molar-refractivity contribution in [2.75, 3.05) is 59.4 Å². The molecule has 3 aromatic rings. The number of nitrogens with one attached hydrogen (secondary N) is 1. The zero-order valence-corrected chi connectivity index (χ0v) is 26.6. The predicted molar refractivity (Wildman–Crippen MR) is 172 cm³/mol. The maximum absolute atomic E-state index is 13.9. The zero-order chi connectivity index (χ0) is 30.8. The zero-order valence-electron chi connectivity index (χ0n) is 25.1. The smallest absolute Gasteiger partial charge is 0.410 e. The van der Waals surface area contributed by atoms with Crippen molar-refractivity contribution in [3.05, 3.63) is 68.6 Å². The fourth-order valence-corrected chi connectivity index (χ4v) is 7.16. The number of piperidine rings is 2. The van der Waals surface area contributed by atoms with Crippen molar-refractivity contribution in [2.45, 2.75) is 50.3 Å². The summed E-state index contributed by atoms with van der Waals surface area (Å²) in [5.74, 6) is -0.179. The van der Waals surface area contributed by atoms with Gasteiger partial charge in [0.1, 0.15) is 0 Å². The number of hydrogen-bond acceptors (Lipinski definition) is 6. The molecule has 10 nitrogen and oxygen atoms in total. The first-order valence-corrected chi connectivity index (χ1v) is 16.3. The summed E-state index contributed by atoms with van der Waals surface area (Å²) in [5, 5.41) is 0.822. The van der Waals surface area contributed by atoms with Gasteiger partial charge in [0.2, 0.25) is 0 Å². The number of H-pyrrole nitrogens is 1. The summed E-state index contributed by atoms with van der Waals surface area (Å²) in [6.45, 7) is 6.37. The van der Waals surface area contributed by atoms with Crippen LogP contribution in [0.3, 0.4) is 0 Å². The van der Waals surface area contributed by atoms with Crippen LogP contribution in [0, 0.1) is 0 Å². The Bertz CT molecular complexity index is 1530. The molecule has 0 radical (unpaired) electrons. The summed E-state index contributed by atoms with van der Waals surface area (Å²) in [6.07, 6.45) is 1.76. The van der Waals surface area contributed by atoms with Gasteiger partial charge in [0, 0.05) is 70.9 Å². The monoisotopic (exact) mass is 642 g/mol. The van der Waals surface area contributed by atoms with Gasteiger partial charge < -0.3 is 24.4 Å². The van der Waals surface area contributed by atoms with Gasteiger partial charge in [-0.3, -0.25) is 14.3 Å². The van der Waals surface area contributed by atoms with Crippen LogP contribution in [0.1, 0.15) is 37.3 Å². The molecule has 0 aliphatic carbocycles. The van der Waals surface area contributed by atoms with Gasteiger partial charge in [0.05, 0.1) is 21.1 Å². The molecular formula is C32H40Cl2N6O4. The lowest BCUT2D eigenvalue weighted by molar-refractivity contribution is -0.142. The molecule has 1 aromatic heterocycles. The maximum atomic E-state index is 13.9. The summed E-state index contributed by atoms with van der Waals surface area (Å²) in [6, 6.07) is 13.3. The third-order valence-corrected chi connectivity index (χ3v) is 10.2. The van der Waals surface area contributed by atoms with Crippen molar-refractivity contribution in [1.82, 2.24) is 29.2 Å². The second-order valence-corrected chi connectivity index (χ2v) is 13.1. The lowest BCUT2D eigenvalue weighted by Gasteiger charge is -2.42. The number of nitrogens with zero attached hydrogens (tertiary/aromatic N) is 5. The second kappa shape index (κ2) is 13.5. The van der Waals surface area contributed by atoms with E-state index in [1.165, 1.54) is 0 Å². The van der Waals surface area contributed by atoms with Gasteiger partial charge in [-0.2, -0.15) is 0 Å². The van der Waals surface area contributed by atoms with E-state index >= 15 is 0 Å². The molecule has 4 heterocycles. The Morgan fingerprint density at radius 1 is 0.864 bits per heavy atom. The van der Waals surface area contributed by atoms with Gasteiger partial charge in [-0.1, -0.05) is 41.4 Å². The first-order valence-electron chi connectivity index (χ1n) is 15.6. The molecule has 2 amide bonds. The summed E-state index contributed by atoms with van der Waals surface area (Å²) in [4.78, 5) is 51.3. The molecule has 12 heteroatoms. The van der Waals surface area contributed by atoms with Crippen LogP contribution in [0.4, 0.5) is 4.79 Å². The van der Waals surface area contributed by atoms with Gasteiger partial charge in [-0.05, 0) is 62.6 Å². The van der Waals surface area contributed by atoms with Crippen molar-refractivity contribution >= 4 is 46.2 Å². The van der Waals surface area contributed by atoms with Crippen LogP contribution in [0.2, 0.25) is 10.0 Å². The Balaban J connectivity index is 1.10. The molecule has 0 bridgehead atoms. The van der Waals surface area contributed by atoms with Crippen molar-refractivity contribution in [3.63, 3.8) is 0 Å². The topological polar surface area (TPSA) is 94.1 Å². The minimum atomic E-state index is -0.978. The number of hydrogen-bond donors (Lipinski definition) is 1. The number of para-hydroxylation sites is 2. The van der Waals surface area contributed by atoms with Gasteiger partial charge in [-0.25, -0.2) is 9.59 Å². The van der Waals surface area contributed by atoms with Gasteiger partial charge in [0.15, 0.2) is 6.10 Å². The minimum absolute atomic E-state index is 0.0297. The highest BCUT2D eigenvalue weighted by Gasteiger charge is 2.35. The van der Waals surface area contributed by atoms with Gasteiger partial charge >= 0.3 is 11.8 Å². The Hall–Kier alpha value is -3.05. The third-order valence-electron chi connectivity index (χ3n) is 9.47. The molecule has 0 unspecified atom stereocenters. The summed E-state index contributed by atoms with van der Waals surface area (Å²) >= 11 is 12.4. The Labute approximate surface area is 267 Å². The number of fused-ring (bicyclic) bond motifs is 1. The molecule has 236 valence electrons.